The van der Waals surface area contributed by atoms with Crippen LogP contribution in [0.5, 0.6) is 5.75 Å². The van der Waals surface area contributed by atoms with Crippen LogP contribution in [-0.2, 0) is 0 Å². The quantitative estimate of drug-likeness (QED) is 0.476. The zero-order chi connectivity index (χ0) is 17.1. The Morgan fingerprint density at radius 3 is 2.88 bits per heavy atom. The van der Waals surface area contributed by atoms with Crippen molar-refractivity contribution >= 4 is 49.6 Å². The second-order valence-electron chi connectivity index (χ2n) is 5.11. The van der Waals surface area contributed by atoms with E-state index < -0.39 is 0 Å². The molecule has 0 atom stereocenters. The van der Waals surface area contributed by atoms with Crippen molar-refractivity contribution in [2.75, 3.05) is 17.7 Å². The SMILES string of the molecule is [C-]#[N+]c1cnc2cc(OCC)c(N)cc2c1Nc1cccc(Br)c1. The summed E-state index contributed by atoms with van der Waals surface area (Å²) in [4.78, 5) is 7.93. The Kier molecular flexibility index (Phi) is 4.54. The highest BCUT2D eigenvalue weighted by molar-refractivity contribution is 9.10. The van der Waals surface area contributed by atoms with Crippen LogP contribution in [0.4, 0.5) is 22.7 Å². The van der Waals surface area contributed by atoms with Gasteiger partial charge in [0, 0.05) is 27.8 Å². The van der Waals surface area contributed by atoms with E-state index in [0.717, 1.165) is 21.1 Å². The normalized spacial score (nSPS) is 10.4. The summed E-state index contributed by atoms with van der Waals surface area (Å²) in [6, 6.07) is 11.3. The number of halogens is 1. The van der Waals surface area contributed by atoms with Gasteiger partial charge in [0.1, 0.15) is 5.75 Å². The Balaban J connectivity index is 2.17. The molecule has 6 heteroatoms. The fourth-order valence-corrected chi connectivity index (χ4v) is 2.83. The number of pyridine rings is 1. The van der Waals surface area contributed by atoms with E-state index in [1.807, 2.05) is 31.2 Å². The number of anilines is 3. The molecule has 0 radical (unpaired) electrons. The Morgan fingerprint density at radius 1 is 1.33 bits per heavy atom. The van der Waals surface area contributed by atoms with Gasteiger partial charge in [0.05, 0.1) is 30.1 Å². The highest BCUT2D eigenvalue weighted by Crippen LogP contribution is 2.38. The molecule has 0 aliphatic rings. The number of nitrogens with zero attached hydrogens (tertiary/aromatic N) is 2. The smallest absolute Gasteiger partial charge is 0.228 e. The van der Waals surface area contributed by atoms with Crippen LogP contribution >= 0.6 is 15.9 Å². The van der Waals surface area contributed by atoms with E-state index in [1.54, 1.807) is 18.3 Å². The summed E-state index contributed by atoms with van der Waals surface area (Å²) in [5.41, 5.74) is 9.31. The number of hydrogen-bond acceptors (Lipinski definition) is 4. The molecule has 1 aromatic heterocycles. The minimum Gasteiger partial charge on any atom is -0.492 e. The molecule has 0 saturated heterocycles. The molecule has 0 saturated carbocycles. The molecular formula is C18H15BrN4O. The minimum absolute atomic E-state index is 0.436. The van der Waals surface area contributed by atoms with Gasteiger partial charge in [-0.1, -0.05) is 22.0 Å². The van der Waals surface area contributed by atoms with Crippen LogP contribution in [0, 0.1) is 6.57 Å². The molecule has 0 fully saturated rings. The van der Waals surface area contributed by atoms with Gasteiger partial charge in [-0.3, -0.25) is 4.98 Å². The first-order valence-electron chi connectivity index (χ1n) is 7.37. The minimum atomic E-state index is 0.436. The Morgan fingerprint density at radius 2 is 2.17 bits per heavy atom. The average Bonchev–Trinajstić information content (AvgIpc) is 2.56. The van der Waals surface area contributed by atoms with Gasteiger partial charge in [-0.15, -0.1) is 0 Å². The molecule has 0 spiro atoms. The largest absolute Gasteiger partial charge is 0.492 e. The van der Waals surface area contributed by atoms with E-state index in [0.29, 0.717) is 29.4 Å². The van der Waals surface area contributed by atoms with Crippen molar-refractivity contribution < 1.29 is 4.74 Å². The number of rotatable bonds is 4. The predicted molar refractivity (Wildman–Crippen MR) is 101 cm³/mol. The summed E-state index contributed by atoms with van der Waals surface area (Å²) in [6.45, 7) is 9.84. The lowest BCUT2D eigenvalue weighted by molar-refractivity contribution is 0.342. The molecule has 3 N–H and O–H groups in total. The lowest BCUT2D eigenvalue weighted by atomic mass is 10.1. The molecule has 0 aliphatic heterocycles. The van der Waals surface area contributed by atoms with Crippen LogP contribution in [0.3, 0.4) is 0 Å². The van der Waals surface area contributed by atoms with Crippen molar-refractivity contribution in [3.05, 3.63) is 58.5 Å². The van der Waals surface area contributed by atoms with Gasteiger partial charge in [0.15, 0.2) is 0 Å². The zero-order valence-corrected chi connectivity index (χ0v) is 14.6. The zero-order valence-electron chi connectivity index (χ0n) is 13.0. The van der Waals surface area contributed by atoms with Crippen LogP contribution in [0.1, 0.15) is 6.92 Å². The number of nitrogens with two attached hydrogens (primary N) is 1. The van der Waals surface area contributed by atoms with Crippen LogP contribution in [0.25, 0.3) is 15.7 Å². The van der Waals surface area contributed by atoms with E-state index in [1.165, 1.54) is 0 Å². The Hall–Kier alpha value is -2.78. The number of fused-ring (bicyclic) bond motifs is 1. The van der Waals surface area contributed by atoms with Crippen LogP contribution in [0.2, 0.25) is 0 Å². The number of aromatic nitrogens is 1. The Bertz CT molecular complexity index is 950. The molecule has 5 nitrogen and oxygen atoms in total. The van der Waals surface area contributed by atoms with Crippen molar-refractivity contribution in [3.63, 3.8) is 0 Å². The number of ether oxygens (including phenoxy) is 1. The fourth-order valence-electron chi connectivity index (χ4n) is 2.43. The van der Waals surface area contributed by atoms with Gasteiger partial charge in [0.25, 0.3) is 0 Å². The van der Waals surface area contributed by atoms with Gasteiger partial charge >= 0.3 is 0 Å². The monoisotopic (exact) mass is 382 g/mol. The molecule has 120 valence electrons. The Labute approximate surface area is 148 Å². The van der Waals surface area contributed by atoms with Crippen molar-refractivity contribution in [1.29, 1.82) is 0 Å². The summed E-state index contributed by atoms with van der Waals surface area (Å²) < 4.78 is 6.48. The molecule has 24 heavy (non-hydrogen) atoms. The van der Waals surface area contributed by atoms with E-state index in [4.69, 9.17) is 17.0 Å². The third-order valence-corrected chi connectivity index (χ3v) is 3.99. The molecule has 0 bridgehead atoms. The highest BCUT2D eigenvalue weighted by Gasteiger charge is 2.13. The maximum atomic E-state index is 7.41. The summed E-state index contributed by atoms with van der Waals surface area (Å²) in [5, 5.41) is 4.09. The first-order chi connectivity index (χ1) is 11.6. The number of benzene rings is 2. The first-order valence-corrected chi connectivity index (χ1v) is 8.16. The lowest BCUT2D eigenvalue weighted by Gasteiger charge is -2.14. The first kappa shape index (κ1) is 16.1. The summed E-state index contributed by atoms with van der Waals surface area (Å²) in [6.07, 6.45) is 1.56. The molecule has 1 heterocycles. The maximum Gasteiger partial charge on any atom is 0.228 e. The van der Waals surface area contributed by atoms with Gasteiger partial charge in [-0.2, -0.15) is 0 Å². The van der Waals surface area contributed by atoms with Gasteiger partial charge in [-0.25, -0.2) is 4.85 Å². The molecule has 2 aromatic carbocycles. The summed E-state index contributed by atoms with van der Waals surface area (Å²) >= 11 is 3.45. The highest BCUT2D eigenvalue weighted by atomic mass is 79.9. The second kappa shape index (κ2) is 6.77. The second-order valence-corrected chi connectivity index (χ2v) is 6.02. The van der Waals surface area contributed by atoms with Crippen molar-refractivity contribution in [3.8, 4) is 5.75 Å². The van der Waals surface area contributed by atoms with Gasteiger partial charge in [0.2, 0.25) is 5.69 Å². The summed E-state index contributed by atoms with van der Waals surface area (Å²) in [7, 11) is 0. The van der Waals surface area contributed by atoms with Crippen molar-refractivity contribution in [1.82, 2.24) is 4.98 Å². The third-order valence-electron chi connectivity index (χ3n) is 3.49. The van der Waals surface area contributed by atoms with E-state index in [9.17, 15) is 0 Å². The average molecular weight is 383 g/mol. The molecule has 0 amide bonds. The fraction of sp³-hybridized carbons (Fsp3) is 0.111. The summed E-state index contributed by atoms with van der Waals surface area (Å²) in [5.74, 6) is 0.599. The van der Waals surface area contributed by atoms with Gasteiger partial charge < -0.3 is 15.8 Å². The lowest BCUT2D eigenvalue weighted by Crippen LogP contribution is -1.99. The molecule has 3 rings (SSSR count). The molecule has 0 unspecified atom stereocenters. The number of nitrogens with one attached hydrogen (secondary N) is 1. The third kappa shape index (κ3) is 3.12. The van der Waals surface area contributed by atoms with Gasteiger partial charge in [-0.05, 0) is 31.2 Å². The number of hydrogen-bond donors (Lipinski definition) is 2. The molecule has 3 aromatic rings. The standard InChI is InChI=1S/C18H15BrN4O/c1-3-24-17-9-15-13(8-14(17)20)18(16(21-2)10-22-15)23-12-6-4-5-11(19)7-12/h4-10H,3,20H2,1H3,(H,22,23). The van der Waals surface area contributed by atoms with Crippen LogP contribution in [0.15, 0.2) is 47.1 Å². The molecule has 0 aliphatic carbocycles. The topological polar surface area (TPSA) is 64.5 Å². The van der Waals surface area contributed by atoms with E-state index >= 15 is 0 Å². The maximum absolute atomic E-state index is 7.41. The van der Waals surface area contributed by atoms with Crippen molar-refractivity contribution in [2.24, 2.45) is 0 Å². The number of nitrogen functional groups attached to an aromatic ring is 1. The van der Waals surface area contributed by atoms with E-state index in [-0.39, 0.29) is 0 Å². The van der Waals surface area contributed by atoms with E-state index in [2.05, 4.69) is 31.1 Å². The van der Waals surface area contributed by atoms with Crippen LogP contribution in [-0.4, -0.2) is 11.6 Å². The predicted octanol–water partition coefficient (Wildman–Crippen LogP) is 5.27. The van der Waals surface area contributed by atoms with Crippen LogP contribution < -0.4 is 15.8 Å². The van der Waals surface area contributed by atoms with Crippen molar-refractivity contribution in [2.45, 2.75) is 6.92 Å². The molecular weight excluding hydrogens is 368 g/mol.